The maximum atomic E-state index is 12.6. The molecule has 0 radical (unpaired) electrons. The third-order valence-corrected chi connectivity index (χ3v) is 6.79. The Hall–Kier alpha value is -3.62. The van der Waals surface area contributed by atoms with Crippen LogP contribution >= 0.6 is 11.6 Å². The number of carbonyl (C=O) groups is 1. The Morgan fingerprint density at radius 3 is 2.35 bits per heavy atom. The van der Waals surface area contributed by atoms with Gasteiger partial charge in [-0.05, 0) is 53.6 Å². The second-order valence-electron chi connectivity index (χ2n) is 7.73. The molecular weight excluding hydrogens is 472 g/mol. The van der Waals surface area contributed by atoms with Crippen LogP contribution in [0.5, 0.6) is 0 Å². The minimum absolute atomic E-state index is 0.0963. The molecule has 174 valence electrons. The number of hydrogen-bond acceptors (Lipinski definition) is 4. The van der Waals surface area contributed by atoms with Crippen molar-refractivity contribution >= 4 is 33.2 Å². The Balaban J connectivity index is 1.42. The Labute approximate surface area is 203 Å². The Kier molecular flexibility index (Phi) is 7.00. The van der Waals surface area contributed by atoms with Crippen LogP contribution in [0.1, 0.15) is 21.5 Å². The molecule has 0 aliphatic rings. The lowest BCUT2D eigenvalue weighted by molar-refractivity contribution is 0.0951. The van der Waals surface area contributed by atoms with Crippen molar-refractivity contribution in [2.75, 3.05) is 10.6 Å². The zero-order valence-electron chi connectivity index (χ0n) is 18.4. The number of benzene rings is 3. The molecule has 1 amide bonds. The van der Waals surface area contributed by atoms with Crippen molar-refractivity contribution in [3.05, 3.63) is 113 Å². The fourth-order valence-electron chi connectivity index (χ4n) is 3.44. The summed E-state index contributed by atoms with van der Waals surface area (Å²) in [4.78, 5) is 16.6. The molecular formula is C25H23ClN4O3S. The van der Waals surface area contributed by atoms with Gasteiger partial charge in [-0.15, -0.1) is 0 Å². The number of aromatic nitrogens is 2. The lowest BCUT2D eigenvalue weighted by atomic mass is 10.1. The summed E-state index contributed by atoms with van der Waals surface area (Å²) in [6.45, 7) is 0.464. The highest BCUT2D eigenvalue weighted by atomic mass is 35.5. The van der Waals surface area contributed by atoms with Crippen LogP contribution in [0.3, 0.4) is 0 Å². The van der Waals surface area contributed by atoms with E-state index in [1.54, 1.807) is 61.1 Å². The van der Waals surface area contributed by atoms with Gasteiger partial charge in [0.15, 0.2) is 0 Å². The summed E-state index contributed by atoms with van der Waals surface area (Å²) >= 11 is 6.21. The maximum absolute atomic E-state index is 12.6. The van der Waals surface area contributed by atoms with Crippen LogP contribution in [0.15, 0.2) is 91.5 Å². The zero-order chi connectivity index (χ0) is 24.1. The summed E-state index contributed by atoms with van der Waals surface area (Å²) in [5.41, 5.74) is 3.52. The molecule has 1 aromatic heterocycles. The molecule has 4 aromatic rings. The summed E-state index contributed by atoms with van der Waals surface area (Å²) in [5.74, 6) is -0.248. The molecule has 0 fully saturated rings. The minimum atomic E-state index is -3.56. The summed E-state index contributed by atoms with van der Waals surface area (Å²) in [6, 6.07) is 21.3. The van der Waals surface area contributed by atoms with E-state index in [9.17, 15) is 13.2 Å². The van der Waals surface area contributed by atoms with Gasteiger partial charge in [0.2, 0.25) is 10.0 Å². The van der Waals surface area contributed by atoms with E-state index in [4.69, 9.17) is 11.6 Å². The van der Waals surface area contributed by atoms with Crippen LogP contribution in [0.25, 0.3) is 5.69 Å². The van der Waals surface area contributed by atoms with Gasteiger partial charge in [0, 0.05) is 35.2 Å². The molecule has 3 aromatic carbocycles. The quantitative estimate of drug-likeness (QED) is 0.393. The molecule has 9 heteroatoms. The lowest BCUT2D eigenvalue weighted by Crippen LogP contribution is -2.29. The van der Waals surface area contributed by atoms with Gasteiger partial charge in [-0.2, -0.15) is 0 Å². The zero-order valence-corrected chi connectivity index (χ0v) is 20.0. The van der Waals surface area contributed by atoms with Crippen molar-refractivity contribution in [3.63, 3.8) is 0 Å². The first-order valence-corrected chi connectivity index (χ1v) is 12.7. The molecule has 7 nitrogen and oxygen atoms in total. The normalized spacial score (nSPS) is 11.2. The van der Waals surface area contributed by atoms with Crippen molar-refractivity contribution in [2.24, 2.45) is 0 Å². The van der Waals surface area contributed by atoms with Gasteiger partial charge in [0.05, 0.1) is 24.8 Å². The van der Waals surface area contributed by atoms with Gasteiger partial charge in [-0.1, -0.05) is 41.9 Å². The van der Waals surface area contributed by atoms with E-state index >= 15 is 0 Å². The van der Waals surface area contributed by atoms with Gasteiger partial charge >= 0.3 is 0 Å². The molecule has 1 N–H and O–H groups in total. The monoisotopic (exact) mass is 494 g/mol. The maximum Gasteiger partial charge on any atom is 0.251 e. The summed E-state index contributed by atoms with van der Waals surface area (Å²) in [7, 11) is -3.56. The molecule has 0 aliphatic carbocycles. The number of anilines is 1. The molecule has 0 saturated carbocycles. The molecule has 0 atom stereocenters. The van der Waals surface area contributed by atoms with Gasteiger partial charge in [-0.25, -0.2) is 13.4 Å². The van der Waals surface area contributed by atoms with E-state index in [1.165, 1.54) is 4.31 Å². The van der Waals surface area contributed by atoms with Crippen LogP contribution in [-0.4, -0.2) is 30.1 Å². The third-order valence-electron chi connectivity index (χ3n) is 5.28. The predicted molar refractivity (Wildman–Crippen MR) is 134 cm³/mol. The number of amides is 1. The Morgan fingerprint density at radius 2 is 1.74 bits per heavy atom. The van der Waals surface area contributed by atoms with Gasteiger partial charge in [-0.3, -0.25) is 9.10 Å². The standard InChI is InChI=1S/C25H23ClN4O3S/c1-34(32,33)30(17-21-4-2-3-5-24(21)26)23-12-8-20(9-13-23)25(31)28-16-19-6-10-22(11-7-19)29-15-14-27-18-29/h2-15,18H,16-17H2,1H3,(H,28,31). The molecule has 0 aliphatic heterocycles. The number of sulfonamides is 1. The highest BCUT2D eigenvalue weighted by Crippen LogP contribution is 2.24. The summed E-state index contributed by atoms with van der Waals surface area (Å²) in [6.07, 6.45) is 6.44. The fraction of sp³-hybridized carbons (Fsp3) is 0.120. The van der Waals surface area contributed by atoms with Crippen LogP contribution in [-0.2, 0) is 23.1 Å². The third kappa shape index (κ3) is 5.65. The fourth-order valence-corrected chi connectivity index (χ4v) is 4.52. The molecule has 0 spiro atoms. The van der Waals surface area contributed by atoms with Gasteiger partial charge in [0.1, 0.15) is 0 Å². The second-order valence-corrected chi connectivity index (χ2v) is 10.0. The smallest absolute Gasteiger partial charge is 0.251 e. The number of nitrogens with one attached hydrogen (secondary N) is 1. The van der Waals surface area contributed by atoms with E-state index in [2.05, 4.69) is 10.3 Å². The van der Waals surface area contributed by atoms with Crippen molar-refractivity contribution in [1.29, 1.82) is 0 Å². The number of carbonyl (C=O) groups excluding carboxylic acids is 1. The highest BCUT2D eigenvalue weighted by Gasteiger charge is 2.19. The van der Waals surface area contributed by atoms with E-state index in [0.717, 1.165) is 17.5 Å². The van der Waals surface area contributed by atoms with E-state index in [1.807, 2.05) is 35.0 Å². The number of imidazole rings is 1. The number of rotatable bonds is 8. The molecule has 34 heavy (non-hydrogen) atoms. The average molecular weight is 495 g/mol. The van der Waals surface area contributed by atoms with Gasteiger partial charge in [0.25, 0.3) is 5.91 Å². The highest BCUT2D eigenvalue weighted by molar-refractivity contribution is 7.92. The topological polar surface area (TPSA) is 84.3 Å². The lowest BCUT2D eigenvalue weighted by Gasteiger charge is -2.23. The first-order valence-electron chi connectivity index (χ1n) is 10.5. The number of nitrogens with zero attached hydrogens (tertiary/aromatic N) is 3. The molecule has 0 unspecified atom stereocenters. The minimum Gasteiger partial charge on any atom is -0.348 e. The van der Waals surface area contributed by atoms with E-state index in [0.29, 0.717) is 28.4 Å². The van der Waals surface area contributed by atoms with Crippen molar-refractivity contribution < 1.29 is 13.2 Å². The van der Waals surface area contributed by atoms with Crippen molar-refractivity contribution in [1.82, 2.24) is 14.9 Å². The van der Waals surface area contributed by atoms with Crippen LogP contribution in [0.4, 0.5) is 5.69 Å². The van der Waals surface area contributed by atoms with Gasteiger partial charge < -0.3 is 9.88 Å². The Morgan fingerprint density at radius 1 is 1.03 bits per heavy atom. The van der Waals surface area contributed by atoms with Crippen LogP contribution in [0.2, 0.25) is 5.02 Å². The predicted octanol–water partition coefficient (Wildman–Crippen LogP) is 4.42. The second kappa shape index (κ2) is 10.1. The first kappa shape index (κ1) is 23.5. The van der Waals surface area contributed by atoms with Crippen LogP contribution in [0, 0.1) is 0 Å². The average Bonchev–Trinajstić information content (AvgIpc) is 3.37. The van der Waals surface area contributed by atoms with Crippen LogP contribution < -0.4 is 9.62 Å². The SMILES string of the molecule is CS(=O)(=O)N(Cc1ccccc1Cl)c1ccc(C(=O)NCc2ccc(-n3ccnc3)cc2)cc1. The molecule has 4 rings (SSSR count). The van der Waals surface area contributed by atoms with E-state index in [-0.39, 0.29) is 12.5 Å². The summed E-state index contributed by atoms with van der Waals surface area (Å²) < 4.78 is 28.0. The summed E-state index contributed by atoms with van der Waals surface area (Å²) in [5, 5.41) is 3.38. The molecule has 1 heterocycles. The largest absolute Gasteiger partial charge is 0.348 e. The first-order chi connectivity index (χ1) is 16.3. The van der Waals surface area contributed by atoms with Crippen molar-refractivity contribution in [3.8, 4) is 5.69 Å². The molecule has 0 bridgehead atoms. The number of hydrogen-bond donors (Lipinski definition) is 1. The molecule has 0 saturated heterocycles. The number of halogens is 1. The van der Waals surface area contributed by atoms with Crippen molar-refractivity contribution in [2.45, 2.75) is 13.1 Å². The van der Waals surface area contributed by atoms with E-state index < -0.39 is 10.0 Å². The Bertz CT molecular complexity index is 1370.